The number of nitrogens with one attached hydrogen (secondary N) is 2. The molecular formula is C19H17F3N6O2. The molecular weight excluding hydrogens is 401 g/mol. The number of benzene rings is 1. The first-order chi connectivity index (χ1) is 14.2. The Hall–Kier alpha value is -3.63. The summed E-state index contributed by atoms with van der Waals surface area (Å²) in [4.78, 5) is 24.7. The molecule has 3 heterocycles. The van der Waals surface area contributed by atoms with Crippen molar-refractivity contribution in [2.75, 3.05) is 12.4 Å². The number of hydrogen-bond donors (Lipinski definition) is 2. The average molecular weight is 418 g/mol. The highest BCUT2D eigenvalue weighted by Gasteiger charge is 2.31. The number of imidazole rings is 1. The standard InChI is InChI=1S/C19H17F3N6O2/c1-23-16-13-15(28(2)9-25-13)14-18(27-16)30-17(26-14)11-5-3-4-10(6-11)8-24-12(29)7-19(20,21)22/h3-6,9H,7-8H2,1-2H3,(H,23,27)(H,24,29). The molecule has 1 amide bonds. The van der Waals surface area contributed by atoms with Crippen molar-refractivity contribution in [2.24, 2.45) is 7.05 Å². The zero-order valence-electron chi connectivity index (χ0n) is 16.0. The van der Waals surface area contributed by atoms with Crippen molar-refractivity contribution in [3.63, 3.8) is 0 Å². The Balaban J connectivity index is 1.65. The Morgan fingerprint density at radius 2 is 2.03 bits per heavy atom. The van der Waals surface area contributed by atoms with Crippen LogP contribution in [-0.4, -0.2) is 38.7 Å². The van der Waals surface area contributed by atoms with Crippen LogP contribution >= 0.6 is 0 Å². The number of fused-ring (bicyclic) bond motifs is 3. The van der Waals surface area contributed by atoms with E-state index in [1.54, 1.807) is 37.6 Å². The molecule has 8 nitrogen and oxygen atoms in total. The van der Waals surface area contributed by atoms with Crippen LogP contribution in [0.4, 0.5) is 19.0 Å². The molecule has 0 saturated heterocycles. The molecule has 11 heteroatoms. The van der Waals surface area contributed by atoms with Crippen LogP contribution in [0.1, 0.15) is 12.0 Å². The summed E-state index contributed by atoms with van der Waals surface area (Å²) in [6, 6.07) is 6.85. The maximum atomic E-state index is 12.3. The molecule has 3 aromatic heterocycles. The molecule has 30 heavy (non-hydrogen) atoms. The van der Waals surface area contributed by atoms with Crippen LogP contribution in [-0.2, 0) is 18.4 Å². The summed E-state index contributed by atoms with van der Waals surface area (Å²) in [6.45, 7) is -0.0445. The number of carbonyl (C=O) groups excluding carboxylic acids is 1. The van der Waals surface area contributed by atoms with Gasteiger partial charge in [-0.05, 0) is 17.7 Å². The highest BCUT2D eigenvalue weighted by Crippen LogP contribution is 2.31. The fourth-order valence-electron chi connectivity index (χ4n) is 3.14. The molecule has 156 valence electrons. The second-order valence-corrected chi connectivity index (χ2v) is 6.70. The van der Waals surface area contributed by atoms with E-state index < -0.39 is 18.5 Å². The third-order valence-corrected chi connectivity index (χ3v) is 4.47. The van der Waals surface area contributed by atoms with Crippen LogP contribution < -0.4 is 10.6 Å². The Morgan fingerprint density at radius 1 is 1.23 bits per heavy atom. The molecule has 0 aliphatic carbocycles. The zero-order valence-corrected chi connectivity index (χ0v) is 16.0. The van der Waals surface area contributed by atoms with Crippen molar-refractivity contribution in [1.82, 2.24) is 24.8 Å². The van der Waals surface area contributed by atoms with Crippen LogP contribution in [0.2, 0.25) is 0 Å². The maximum absolute atomic E-state index is 12.3. The Bertz CT molecular complexity index is 1240. The lowest BCUT2D eigenvalue weighted by Gasteiger charge is -2.08. The second kappa shape index (κ2) is 7.32. The fourth-order valence-corrected chi connectivity index (χ4v) is 3.14. The van der Waals surface area contributed by atoms with Crippen LogP contribution in [0.25, 0.3) is 33.7 Å². The number of rotatable bonds is 5. The van der Waals surface area contributed by atoms with Gasteiger partial charge >= 0.3 is 6.18 Å². The molecule has 0 atom stereocenters. The van der Waals surface area contributed by atoms with E-state index in [0.717, 1.165) is 5.52 Å². The summed E-state index contributed by atoms with van der Waals surface area (Å²) >= 11 is 0. The van der Waals surface area contributed by atoms with Gasteiger partial charge in [-0.15, -0.1) is 0 Å². The number of carbonyl (C=O) groups is 1. The van der Waals surface area contributed by atoms with Gasteiger partial charge in [-0.2, -0.15) is 18.2 Å². The van der Waals surface area contributed by atoms with Crippen LogP contribution in [0.15, 0.2) is 35.0 Å². The second-order valence-electron chi connectivity index (χ2n) is 6.70. The Kier molecular flexibility index (Phi) is 4.80. The third kappa shape index (κ3) is 3.78. The van der Waals surface area contributed by atoms with Crippen molar-refractivity contribution in [2.45, 2.75) is 19.1 Å². The normalized spacial score (nSPS) is 11.9. The van der Waals surface area contributed by atoms with E-state index in [0.29, 0.717) is 39.6 Å². The highest BCUT2D eigenvalue weighted by molar-refractivity contribution is 6.03. The van der Waals surface area contributed by atoms with E-state index in [4.69, 9.17) is 4.42 Å². The van der Waals surface area contributed by atoms with E-state index >= 15 is 0 Å². The van der Waals surface area contributed by atoms with Crippen LogP contribution in [0.5, 0.6) is 0 Å². The number of amides is 1. The lowest BCUT2D eigenvalue weighted by atomic mass is 10.1. The lowest BCUT2D eigenvalue weighted by molar-refractivity contribution is -0.153. The maximum Gasteiger partial charge on any atom is 0.397 e. The zero-order chi connectivity index (χ0) is 21.5. The first-order valence-corrected chi connectivity index (χ1v) is 8.97. The molecule has 0 spiro atoms. The summed E-state index contributed by atoms with van der Waals surface area (Å²) in [6.07, 6.45) is -4.40. The van der Waals surface area contributed by atoms with Crippen LogP contribution in [0, 0.1) is 0 Å². The summed E-state index contributed by atoms with van der Waals surface area (Å²) in [5, 5.41) is 5.24. The van der Waals surface area contributed by atoms with E-state index in [1.165, 1.54) is 0 Å². The molecule has 0 aliphatic rings. The van der Waals surface area contributed by atoms with Gasteiger partial charge in [-0.25, -0.2) is 9.97 Å². The molecule has 0 saturated carbocycles. The molecule has 0 bridgehead atoms. The minimum absolute atomic E-state index is 0.0445. The molecule has 4 aromatic rings. The predicted molar refractivity (Wildman–Crippen MR) is 104 cm³/mol. The first kappa shape index (κ1) is 19.7. The van der Waals surface area contributed by atoms with Gasteiger partial charge in [-0.1, -0.05) is 12.1 Å². The van der Waals surface area contributed by atoms with E-state index in [2.05, 4.69) is 25.6 Å². The highest BCUT2D eigenvalue weighted by atomic mass is 19.4. The summed E-state index contributed by atoms with van der Waals surface area (Å²) in [5.41, 5.74) is 3.51. The minimum atomic E-state index is -4.54. The number of halogens is 3. The molecule has 0 aliphatic heterocycles. The quantitative estimate of drug-likeness (QED) is 0.516. The molecule has 2 N–H and O–H groups in total. The van der Waals surface area contributed by atoms with Crippen molar-refractivity contribution in [3.8, 4) is 11.5 Å². The lowest BCUT2D eigenvalue weighted by Crippen LogP contribution is -2.28. The number of pyridine rings is 1. The Morgan fingerprint density at radius 3 is 2.77 bits per heavy atom. The van der Waals surface area contributed by atoms with Gasteiger partial charge in [0.15, 0.2) is 11.3 Å². The minimum Gasteiger partial charge on any atom is -0.418 e. The number of aryl methyl sites for hydroxylation is 1. The van der Waals surface area contributed by atoms with E-state index in [1.807, 2.05) is 11.6 Å². The van der Waals surface area contributed by atoms with Crippen LogP contribution in [0.3, 0.4) is 0 Å². The summed E-state index contributed by atoms with van der Waals surface area (Å²) < 4.78 is 44.5. The largest absolute Gasteiger partial charge is 0.418 e. The van der Waals surface area contributed by atoms with E-state index in [9.17, 15) is 18.0 Å². The molecule has 1 aromatic carbocycles. The monoisotopic (exact) mass is 418 g/mol. The number of oxazole rings is 1. The first-order valence-electron chi connectivity index (χ1n) is 8.97. The van der Waals surface area contributed by atoms with E-state index in [-0.39, 0.29) is 6.54 Å². The molecule has 0 unspecified atom stereocenters. The Labute approximate surface area is 168 Å². The molecule has 0 radical (unpaired) electrons. The van der Waals surface area contributed by atoms with Gasteiger partial charge in [0, 0.05) is 26.2 Å². The van der Waals surface area contributed by atoms with Crippen molar-refractivity contribution in [3.05, 3.63) is 36.2 Å². The predicted octanol–water partition coefficient (Wildman–Crippen LogP) is 3.39. The SMILES string of the molecule is CNc1nc2oc(-c3cccc(CNC(=O)CC(F)(F)F)c3)nc2c2c1ncn2C. The topological polar surface area (TPSA) is 97.9 Å². The van der Waals surface area contributed by atoms with Gasteiger partial charge < -0.3 is 19.6 Å². The smallest absolute Gasteiger partial charge is 0.397 e. The van der Waals surface area contributed by atoms with Gasteiger partial charge in [0.2, 0.25) is 11.8 Å². The molecule has 0 fully saturated rings. The fraction of sp³-hybridized carbons (Fsp3) is 0.263. The van der Waals surface area contributed by atoms with Gasteiger partial charge in [-0.3, -0.25) is 4.79 Å². The average Bonchev–Trinajstić information content (AvgIpc) is 3.28. The number of hydrogen-bond acceptors (Lipinski definition) is 6. The summed E-state index contributed by atoms with van der Waals surface area (Å²) in [5.74, 6) is -0.226. The number of nitrogens with zero attached hydrogens (tertiary/aromatic N) is 4. The number of aromatic nitrogens is 4. The molecule has 4 rings (SSSR count). The van der Waals surface area contributed by atoms with Gasteiger partial charge in [0.25, 0.3) is 5.71 Å². The van der Waals surface area contributed by atoms with Gasteiger partial charge in [0.1, 0.15) is 17.5 Å². The number of alkyl halides is 3. The van der Waals surface area contributed by atoms with Crippen molar-refractivity contribution in [1.29, 1.82) is 0 Å². The number of anilines is 1. The summed E-state index contributed by atoms with van der Waals surface area (Å²) in [7, 11) is 3.57. The van der Waals surface area contributed by atoms with Crippen molar-refractivity contribution < 1.29 is 22.4 Å². The third-order valence-electron chi connectivity index (χ3n) is 4.47. The van der Waals surface area contributed by atoms with Crippen molar-refractivity contribution >= 4 is 34.0 Å². The van der Waals surface area contributed by atoms with Gasteiger partial charge in [0.05, 0.1) is 6.33 Å².